The first-order valence-electron chi connectivity index (χ1n) is 9.19. The Morgan fingerprint density at radius 1 is 1.37 bits per heavy atom. The topological polar surface area (TPSA) is 103 Å². The van der Waals surface area contributed by atoms with Crippen LogP contribution in [0.5, 0.6) is 0 Å². The first kappa shape index (κ1) is 22.3. The Balaban J connectivity index is 1.72. The van der Waals surface area contributed by atoms with Crippen LogP contribution in [0.25, 0.3) is 11.4 Å². The molecule has 0 spiro atoms. The fourth-order valence-corrected chi connectivity index (χ4v) is 4.65. The molecule has 0 saturated heterocycles. The maximum Gasteiger partial charge on any atom is 0.289 e. The number of anilines is 1. The second-order valence-electron chi connectivity index (χ2n) is 6.69. The van der Waals surface area contributed by atoms with E-state index in [0.29, 0.717) is 10.8 Å². The van der Waals surface area contributed by atoms with E-state index in [-0.39, 0.29) is 28.4 Å². The third-order valence-corrected chi connectivity index (χ3v) is 6.54. The summed E-state index contributed by atoms with van der Waals surface area (Å²) in [5.41, 5.74) is 1.07. The molecular weight excluding hydrogens is 446 g/mol. The van der Waals surface area contributed by atoms with Crippen LogP contribution in [0.3, 0.4) is 0 Å². The van der Waals surface area contributed by atoms with Crippen molar-refractivity contribution in [3.63, 3.8) is 0 Å². The highest BCUT2D eigenvalue weighted by molar-refractivity contribution is 7.99. The summed E-state index contributed by atoms with van der Waals surface area (Å²) in [6.45, 7) is 6.19. The molecule has 0 aliphatic carbocycles. The van der Waals surface area contributed by atoms with Crippen LogP contribution < -0.4 is 5.32 Å². The van der Waals surface area contributed by atoms with E-state index in [0.717, 1.165) is 17.8 Å². The van der Waals surface area contributed by atoms with Crippen LogP contribution in [-0.2, 0) is 11.2 Å². The third kappa shape index (κ3) is 5.00. The summed E-state index contributed by atoms with van der Waals surface area (Å²) in [5.74, 6) is 0.558. The molecule has 2 heterocycles. The molecule has 0 saturated carbocycles. The summed E-state index contributed by atoms with van der Waals surface area (Å²) < 4.78 is 2.01. The first-order chi connectivity index (χ1) is 14.3. The predicted molar refractivity (Wildman–Crippen MR) is 121 cm³/mol. The van der Waals surface area contributed by atoms with Crippen molar-refractivity contribution in [2.24, 2.45) is 0 Å². The molecule has 1 aromatic carbocycles. The average molecular weight is 466 g/mol. The molecule has 1 N–H and O–H groups in total. The number of rotatable bonds is 8. The molecule has 0 unspecified atom stereocenters. The van der Waals surface area contributed by atoms with Crippen molar-refractivity contribution in [1.29, 1.82) is 0 Å². The van der Waals surface area contributed by atoms with Gasteiger partial charge in [-0.3, -0.25) is 19.5 Å². The van der Waals surface area contributed by atoms with Crippen molar-refractivity contribution in [3.05, 3.63) is 49.7 Å². The molecule has 0 aliphatic rings. The molecule has 3 rings (SSSR count). The largest absolute Gasteiger partial charge is 0.325 e. The number of nitro benzene ring substituents is 1. The summed E-state index contributed by atoms with van der Waals surface area (Å²) >= 11 is 8.76. The maximum absolute atomic E-state index is 12.4. The summed E-state index contributed by atoms with van der Waals surface area (Å²) in [7, 11) is 0. The highest BCUT2D eigenvalue weighted by Gasteiger charge is 2.19. The lowest BCUT2D eigenvalue weighted by Crippen LogP contribution is -2.15. The van der Waals surface area contributed by atoms with Gasteiger partial charge < -0.3 is 5.32 Å². The highest BCUT2D eigenvalue weighted by Crippen LogP contribution is 2.31. The third-order valence-electron chi connectivity index (χ3n) is 4.20. The number of carbonyl (C=O) groups excluding carboxylic acids is 1. The number of thiophene rings is 1. The summed E-state index contributed by atoms with van der Waals surface area (Å²) in [6, 6.07) is 6.37. The number of aryl methyl sites for hydroxylation is 1. The maximum atomic E-state index is 12.4. The molecule has 0 bridgehead atoms. The molecule has 0 aliphatic heterocycles. The molecule has 0 radical (unpaired) electrons. The van der Waals surface area contributed by atoms with E-state index in [1.807, 2.05) is 18.4 Å². The second kappa shape index (κ2) is 9.59. The van der Waals surface area contributed by atoms with Crippen molar-refractivity contribution in [1.82, 2.24) is 14.8 Å². The fraction of sp³-hybridized carbons (Fsp3) is 0.316. The van der Waals surface area contributed by atoms with Gasteiger partial charge in [0.25, 0.3) is 5.69 Å². The zero-order valence-electron chi connectivity index (χ0n) is 16.6. The van der Waals surface area contributed by atoms with Gasteiger partial charge in [0, 0.05) is 33.6 Å². The summed E-state index contributed by atoms with van der Waals surface area (Å²) in [4.78, 5) is 24.0. The lowest BCUT2D eigenvalue weighted by Gasteiger charge is -2.13. The zero-order valence-corrected chi connectivity index (χ0v) is 19.0. The first-order valence-corrected chi connectivity index (χ1v) is 11.4. The molecule has 0 atom stereocenters. The number of hydrogen-bond acceptors (Lipinski definition) is 7. The van der Waals surface area contributed by atoms with Crippen LogP contribution in [0.2, 0.25) is 5.02 Å². The lowest BCUT2D eigenvalue weighted by molar-refractivity contribution is -0.384. The van der Waals surface area contributed by atoms with E-state index in [4.69, 9.17) is 11.6 Å². The van der Waals surface area contributed by atoms with Crippen molar-refractivity contribution in [2.45, 2.75) is 38.4 Å². The summed E-state index contributed by atoms with van der Waals surface area (Å²) in [5, 5.41) is 25.0. The Labute approximate surface area is 186 Å². The molecule has 11 heteroatoms. The van der Waals surface area contributed by atoms with Gasteiger partial charge in [-0.2, -0.15) is 0 Å². The number of aromatic nitrogens is 3. The Bertz CT molecular complexity index is 1080. The van der Waals surface area contributed by atoms with Crippen LogP contribution in [0.4, 0.5) is 11.4 Å². The lowest BCUT2D eigenvalue weighted by atomic mass is 10.2. The molecule has 3 aromatic rings. The number of nitrogens with zero attached hydrogens (tertiary/aromatic N) is 4. The van der Waals surface area contributed by atoms with Gasteiger partial charge in [0.15, 0.2) is 11.0 Å². The zero-order chi connectivity index (χ0) is 21.8. The van der Waals surface area contributed by atoms with Crippen molar-refractivity contribution in [2.75, 3.05) is 11.1 Å². The van der Waals surface area contributed by atoms with Gasteiger partial charge in [0.2, 0.25) is 5.91 Å². The predicted octanol–water partition coefficient (Wildman–Crippen LogP) is 5.44. The van der Waals surface area contributed by atoms with E-state index in [1.165, 1.54) is 34.8 Å². The van der Waals surface area contributed by atoms with Crippen LogP contribution in [0.15, 0.2) is 34.8 Å². The second-order valence-corrected chi connectivity index (χ2v) is 9.03. The SMILES string of the molecule is CCc1cc(-c2nnc(SCC(=O)Nc3ccc(Cl)c([N+](=O)[O-])c3)n2C(C)C)cs1. The monoisotopic (exact) mass is 465 g/mol. The normalized spacial score (nSPS) is 11.1. The highest BCUT2D eigenvalue weighted by atomic mass is 35.5. The van der Waals surface area contributed by atoms with Gasteiger partial charge in [-0.05, 0) is 38.5 Å². The molecule has 158 valence electrons. The van der Waals surface area contributed by atoms with Gasteiger partial charge in [-0.25, -0.2) is 0 Å². The van der Waals surface area contributed by atoms with E-state index < -0.39 is 4.92 Å². The number of hydrogen-bond donors (Lipinski definition) is 1. The van der Waals surface area contributed by atoms with Crippen molar-refractivity contribution >= 4 is 52.0 Å². The smallest absolute Gasteiger partial charge is 0.289 e. The number of nitro groups is 1. The van der Waals surface area contributed by atoms with Gasteiger partial charge in [0.05, 0.1) is 10.7 Å². The van der Waals surface area contributed by atoms with E-state index in [9.17, 15) is 14.9 Å². The number of carbonyl (C=O) groups is 1. The minimum Gasteiger partial charge on any atom is -0.325 e. The quantitative estimate of drug-likeness (QED) is 0.270. The van der Waals surface area contributed by atoms with Gasteiger partial charge in [-0.1, -0.05) is 30.3 Å². The fourth-order valence-electron chi connectivity index (χ4n) is 2.78. The molecule has 30 heavy (non-hydrogen) atoms. The molecule has 2 aromatic heterocycles. The molecule has 8 nitrogen and oxygen atoms in total. The number of nitrogens with one attached hydrogen (secondary N) is 1. The van der Waals surface area contributed by atoms with Crippen molar-refractivity contribution in [3.8, 4) is 11.4 Å². The molecule has 0 fully saturated rings. The number of amides is 1. The van der Waals surface area contributed by atoms with Gasteiger partial charge in [-0.15, -0.1) is 21.5 Å². The Morgan fingerprint density at radius 3 is 2.77 bits per heavy atom. The van der Waals surface area contributed by atoms with Gasteiger partial charge in [0.1, 0.15) is 5.02 Å². The average Bonchev–Trinajstić information content (AvgIpc) is 3.34. The standard InChI is InChI=1S/C19H20ClN5O3S2/c1-4-14-7-12(9-29-14)18-22-23-19(24(18)11(2)3)30-10-17(26)21-13-5-6-15(20)16(8-13)25(27)28/h5-9,11H,4,10H2,1-3H3,(H,21,26). The molecular formula is C19H20ClN5O3S2. The number of benzene rings is 1. The van der Waals surface area contributed by atoms with Crippen LogP contribution in [0.1, 0.15) is 31.7 Å². The minimum absolute atomic E-state index is 0.0181. The molecule has 1 amide bonds. The van der Waals surface area contributed by atoms with Crippen LogP contribution in [-0.4, -0.2) is 31.3 Å². The van der Waals surface area contributed by atoms with Crippen LogP contribution >= 0.6 is 34.7 Å². The van der Waals surface area contributed by atoms with Gasteiger partial charge >= 0.3 is 0 Å². The van der Waals surface area contributed by atoms with Crippen LogP contribution in [0, 0.1) is 10.1 Å². The Kier molecular flexibility index (Phi) is 7.11. The van der Waals surface area contributed by atoms with Crippen molar-refractivity contribution < 1.29 is 9.72 Å². The number of halogens is 1. The van der Waals surface area contributed by atoms with E-state index in [1.54, 1.807) is 11.3 Å². The van der Waals surface area contributed by atoms with E-state index in [2.05, 4.69) is 33.9 Å². The number of thioether (sulfide) groups is 1. The Morgan fingerprint density at radius 2 is 2.13 bits per heavy atom. The van der Waals surface area contributed by atoms with E-state index >= 15 is 0 Å². The summed E-state index contributed by atoms with van der Waals surface area (Å²) in [6.07, 6.45) is 0.963. The minimum atomic E-state index is -0.590. The Hall–Kier alpha value is -2.43.